The van der Waals surface area contributed by atoms with Crippen LogP contribution in [-0.4, -0.2) is 46.1 Å². The van der Waals surface area contributed by atoms with Crippen LogP contribution in [-0.2, 0) is 9.59 Å². The van der Waals surface area contributed by atoms with Crippen LogP contribution < -0.4 is 5.32 Å². The first-order chi connectivity index (χ1) is 13.1. The van der Waals surface area contributed by atoms with Gasteiger partial charge in [0.1, 0.15) is 0 Å². The zero-order valence-corrected chi connectivity index (χ0v) is 15.9. The summed E-state index contributed by atoms with van der Waals surface area (Å²) < 4.78 is 1.89. The Labute approximate surface area is 159 Å². The number of rotatable bonds is 7. The molecule has 0 aliphatic carbocycles. The van der Waals surface area contributed by atoms with Gasteiger partial charge in [-0.05, 0) is 44.9 Å². The van der Waals surface area contributed by atoms with Crippen molar-refractivity contribution in [2.75, 3.05) is 19.6 Å². The number of nitrogens with one attached hydrogen (secondary N) is 1. The monoisotopic (exact) mass is 366 g/mol. The van der Waals surface area contributed by atoms with Crippen LogP contribution in [0.3, 0.4) is 0 Å². The summed E-state index contributed by atoms with van der Waals surface area (Å²) in [5, 5.41) is 7.46. The van der Waals surface area contributed by atoms with Crippen LogP contribution in [0.25, 0.3) is 11.8 Å². The standard InChI is InChI=1S/C21H26N4O2/c1-16-19(17(2)25(23-16)18-8-4-3-5-9-18)11-12-20(26)22-13-7-15-24-14-6-10-21(24)27/h3-5,8-9,11-12H,6-7,10,13-15H2,1-2H3,(H,22,26)/b12-11+. The molecule has 1 saturated heterocycles. The van der Waals surface area contributed by atoms with Crippen molar-refractivity contribution in [1.82, 2.24) is 20.0 Å². The lowest BCUT2D eigenvalue weighted by Gasteiger charge is -2.14. The van der Waals surface area contributed by atoms with Crippen molar-refractivity contribution in [3.8, 4) is 5.69 Å². The van der Waals surface area contributed by atoms with Crippen molar-refractivity contribution >= 4 is 17.9 Å². The Morgan fingerprint density at radius 2 is 2.04 bits per heavy atom. The molecule has 6 nitrogen and oxygen atoms in total. The number of likely N-dealkylation sites (tertiary alicyclic amines) is 1. The molecule has 0 atom stereocenters. The molecule has 1 N–H and O–H groups in total. The molecule has 0 spiro atoms. The minimum atomic E-state index is -0.131. The van der Waals surface area contributed by atoms with Crippen LogP contribution in [0.5, 0.6) is 0 Å². The van der Waals surface area contributed by atoms with E-state index in [-0.39, 0.29) is 11.8 Å². The molecule has 2 amide bonds. The lowest BCUT2D eigenvalue weighted by molar-refractivity contribution is -0.127. The summed E-state index contributed by atoms with van der Waals surface area (Å²) in [4.78, 5) is 25.5. The third-order valence-electron chi connectivity index (χ3n) is 4.82. The molecule has 0 saturated carbocycles. The third-order valence-corrected chi connectivity index (χ3v) is 4.82. The van der Waals surface area contributed by atoms with Crippen molar-refractivity contribution in [2.24, 2.45) is 0 Å². The van der Waals surface area contributed by atoms with Crippen LogP contribution in [0, 0.1) is 13.8 Å². The number of aromatic nitrogens is 2. The Hall–Kier alpha value is -2.89. The van der Waals surface area contributed by atoms with E-state index in [4.69, 9.17) is 0 Å². The molecule has 2 aromatic rings. The topological polar surface area (TPSA) is 67.2 Å². The molecule has 0 bridgehead atoms. The van der Waals surface area contributed by atoms with E-state index >= 15 is 0 Å². The summed E-state index contributed by atoms with van der Waals surface area (Å²) in [5.74, 6) is 0.0941. The van der Waals surface area contributed by atoms with E-state index in [0.29, 0.717) is 19.5 Å². The van der Waals surface area contributed by atoms with Gasteiger partial charge in [0, 0.05) is 43.4 Å². The van der Waals surface area contributed by atoms with Crippen molar-refractivity contribution in [3.63, 3.8) is 0 Å². The predicted octanol–water partition coefficient (Wildman–Crippen LogP) is 2.63. The second-order valence-electron chi connectivity index (χ2n) is 6.79. The van der Waals surface area contributed by atoms with Gasteiger partial charge in [-0.15, -0.1) is 0 Å². The van der Waals surface area contributed by atoms with Gasteiger partial charge in [0.15, 0.2) is 0 Å². The molecule has 1 fully saturated rings. The molecule has 1 aliphatic rings. The summed E-state index contributed by atoms with van der Waals surface area (Å²) in [7, 11) is 0. The minimum Gasteiger partial charge on any atom is -0.352 e. The normalized spacial score (nSPS) is 14.3. The van der Waals surface area contributed by atoms with Gasteiger partial charge in [0.2, 0.25) is 11.8 Å². The highest BCUT2D eigenvalue weighted by Crippen LogP contribution is 2.19. The summed E-state index contributed by atoms with van der Waals surface area (Å²) in [6.45, 7) is 6.06. The molecule has 1 aliphatic heterocycles. The quantitative estimate of drug-likeness (QED) is 0.605. The largest absolute Gasteiger partial charge is 0.352 e. The molecule has 3 rings (SSSR count). The van der Waals surface area contributed by atoms with Gasteiger partial charge in [-0.2, -0.15) is 5.10 Å². The number of nitrogens with zero attached hydrogens (tertiary/aromatic N) is 3. The van der Waals surface area contributed by atoms with E-state index in [1.807, 2.05) is 59.8 Å². The lowest BCUT2D eigenvalue weighted by Crippen LogP contribution is -2.29. The van der Waals surface area contributed by atoms with Crippen molar-refractivity contribution in [2.45, 2.75) is 33.1 Å². The summed E-state index contributed by atoms with van der Waals surface area (Å²) in [6.07, 6.45) is 5.74. The molecule has 1 aromatic heterocycles. The summed E-state index contributed by atoms with van der Waals surface area (Å²) in [5.41, 5.74) is 3.83. The highest BCUT2D eigenvalue weighted by atomic mass is 16.2. The first-order valence-corrected chi connectivity index (χ1v) is 9.41. The number of benzene rings is 1. The maximum absolute atomic E-state index is 12.1. The molecule has 142 valence electrons. The highest BCUT2D eigenvalue weighted by Gasteiger charge is 2.19. The van der Waals surface area contributed by atoms with E-state index in [1.165, 1.54) is 0 Å². The molecule has 27 heavy (non-hydrogen) atoms. The van der Waals surface area contributed by atoms with Crippen LogP contribution in [0.15, 0.2) is 36.4 Å². The number of carbonyl (C=O) groups excluding carboxylic acids is 2. The fourth-order valence-electron chi connectivity index (χ4n) is 3.36. The average Bonchev–Trinajstić information content (AvgIpc) is 3.20. The lowest BCUT2D eigenvalue weighted by atomic mass is 10.2. The number of aryl methyl sites for hydroxylation is 1. The van der Waals surface area contributed by atoms with Gasteiger partial charge in [0.05, 0.1) is 11.4 Å². The molecular weight excluding hydrogens is 340 g/mol. The maximum Gasteiger partial charge on any atom is 0.244 e. The number of para-hydroxylation sites is 1. The zero-order valence-electron chi connectivity index (χ0n) is 15.9. The van der Waals surface area contributed by atoms with E-state index < -0.39 is 0 Å². The van der Waals surface area contributed by atoms with E-state index in [0.717, 1.165) is 42.0 Å². The maximum atomic E-state index is 12.1. The van der Waals surface area contributed by atoms with E-state index in [1.54, 1.807) is 6.08 Å². The molecule has 6 heteroatoms. The van der Waals surface area contributed by atoms with Crippen LogP contribution in [0.4, 0.5) is 0 Å². The minimum absolute atomic E-state index is 0.131. The fourth-order valence-corrected chi connectivity index (χ4v) is 3.36. The van der Waals surface area contributed by atoms with Gasteiger partial charge in [-0.3, -0.25) is 9.59 Å². The fraction of sp³-hybridized carbons (Fsp3) is 0.381. The Kier molecular flexibility index (Phi) is 6.06. The molecular formula is C21H26N4O2. The first kappa shape index (κ1) is 18.9. The smallest absolute Gasteiger partial charge is 0.244 e. The third kappa shape index (κ3) is 4.64. The van der Waals surface area contributed by atoms with Gasteiger partial charge >= 0.3 is 0 Å². The molecule has 0 radical (unpaired) electrons. The van der Waals surface area contributed by atoms with Gasteiger partial charge in [0.25, 0.3) is 0 Å². The average molecular weight is 366 g/mol. The Bertz CT molecular complexity index is 839. The SMILES string of the molecule is Cc1nn(-c2ccccc2)c(C)c1/C=C/C(=O)NCCCN1CCCC1=O. The predicted molar refractivity (Wildman–Crippen MR) is 106 cm³/mol. The second kappa shape index (κ2) is 8.66. The van der Waals surface area contributed by atoms with E-state index in [2.05, 4.69) is 10.4 Å². The van der Waals surface area contributed by atoms with Crippen molar-refractivity contribution in [1.29, 1.82) is 0 Å². The number of carbonyl (C=O) groups is 2. The van der Waals surface area contributed by atoms with Crippen LogP contribution in [0.1, 0.15) is 36.2 Å². The highest BCUT2D eigenvalue weighted by molar-refractivity contribution is 5.92. The van der Waals surface area contributed by atoms with Gasteiger partial charge in [-0.1, -0.05) is 18.2 Å². The first-order valence-electron chi connectivity index (χ1n) is 9.41. The second-order valence-corrected chi connectivity index (χ2v) is 6.79. The summed E-state index contributed by atoms with van der Waals surface area (Å²) in [6, 6.07) is 9.93. The van der Waals surface area contributed by atoms with Crippen LogP contribution in [0.2, 0.25) is 0 Å². The number of hydrogen-bond donors (Lipinski definition) is 1. The Balaban J connectivity index is 1.53. The number of hydrogen-bond acceptors (Lipinski definition) is 3. The van der Waals surface area contributed by atoms with Crippen molar-refractivity contribution < 1.29 is 9.59 Å². The zero-order chi connectivity index (χ0) is 19.2. The van der Waals surface area contributed by atoms with Crippen molar-refractivity contribution in [3.05, 3.63) is 53.4 Å². The van der Waals surface area contributed by atoms with Gasteiger partial charge < -0.3 is 10.2 Å². The number of amides is 2. The molecule has 1 aromatic carbocycles. The Morgan fingerprint density at radius 3 is 2.74 bits per heavy atom. The summed E-state index contributed by atoms with van der Waals surface area (Å²) >= 11 is 0. The molecule has 2 heterocycles. The Morgan fingerprint density at radius 1 is 1.26 bits per heavy atom. The van der Waals surface area contributed by atoms with Gasteiger partial charge in [-0.25, -0.2) is 4.68 Å². The molecule has 0 unspecified atom stereocenters. The van der Waals surface area contributed by atoms with Crippen LogP contribution >= 0.6 is 0 Å². The van der Waals surface area contributed by atoms with E-state index in [9.17, 15) is 9.59 Å².